The molecule has 1 amide bonds. The molecule has 0 saturated heterocycles. The molecule has 4 heteroatoms. The molecular weight excluding hydrogens is 324 g/mol. The molecule has 0 aliphatic rings. The van der Waals surface area contributed by atoms with Crippen LogP contribution in [0.5, 0.6) is 5.75 Å². The number of hydrogen-bond acceptors (Lipinski definition) is 3. The first-order chi connectivity index (χ1) is 12.7. The summed E-state index contributed by atoms with van der Waals surface area (Å²) >= 11 is 0. The van der Waals surface area contributed by atoms with Crippen LogP contribution in [0.4, 0.5) is 11.4 Å². The Morgan fingerprint density at radius 3 is 2.65 bits per heavy atom. The van der Waals surface area contributed by atoms with Gasteiger partial charge in [-0.2, -0.15) is 0 Å². The lowest BCUT2D eigenvalue weighted by Crippen LogP contribution is -2.12. The number of aryl methyl sites for hydroxylation is 1. The Hall–Kier alpha value is -2.49. The Labute approximate surface area is 156 Å². The smallest absolute Gasteiger partial charge is 0.224 e. The maximum atomic E-state index is 12.2. The van der Waals surface area contributed by atoms with Crippen molar-refractivity contribution in [3.05, 3.63) is 54.1 Å². The number of amides is 1. The van der Waals surface area contributed by atoms with Crippen molar-refractivity contribution >= 4 is 17.3 Å². The number of hydrogen-bond donors (Lipinski definition) is 2. The zero-order valence-corrected chi connectivity index (χ0v) is 15.7. The molecule has 0 aliphatic heterocycles. The zero-order chi connectivity index (χ0) is 18.6. The van der Waals surface area contributed by atoms with Gasteiger partial charge >= 0.3 is 0 Å². The molecule has 2 aromatic rings. The molecule has 140 valence electrons. The molecule has 0 unspecified atom stereocenters. The van der Waals surface area contributed by atoms with E-state index in [1.54, 1.807) is 0 Å². The van der Waals surface area contributed by atoms with E-state index in [4.69, 9.17) is 10.5 Å². The van der Waals surface area contributed by atoms with Crippen molar-refractivity contribution < 1.29 is 9.53 Å². The van der Waals surface area contributed by atoms with Gasteiger partial charge in [-0.25, -0.2) is 0 Å². The molecule has 0 radical (unpaired) electrons. The van der Waals surface area contributed by atoms with E-state index in [1.165, 1.54) is 25.7 Å². The molecule has 0 bridgehead atoms. The minimum absolute atomic E-state index is 0.0101. The van der Waals surface area contributed by atoms with Crippen molar-refractivity contribution in [1.29, 1.82) is 0 Å². The van der Waals surface area contributed by atoms with Gasteiger partial charge < -0.3 is 15.8 Å². The fourth-order valence-electron chi connectivity index (χ4n) is 2.79. The third kappa shape index (κ3) is 7.60. The Bertz CT molecular complexity index is 685. The van der Waals surface area contributed by atoms with E-state index < -0.39 is 0 Å². The molecule has 0 atom stereocenters. The number of anilines is 2. The van der Waals surface area contributed by atoms with Gasteiger partial charge in [0.15, 0.2) is 0 Å². The van der Waals surface area contributed by atoms with Gasteiger partial charge in [0.05, 0.1) is 6.61 Å². The summed E-state index contributed by atoms with van der Waals surface area (Å²) in [4.78, 5) is 12.2. The molecule has 0 heterocycles. The zero-order valence-electron chi connectivity index (χ0n) is 15.7. The number of ether oxygens (including phenoxy) is 1. The van der Waals surface area contributed by atoms with Crippen LogP contribution in [0.25, 0.3) is 0 Å². The molecule has 4 nitrogen and oxygen atoms in total. The lowest BCUT2D eigenvalue weighted by atomic mass is 10.1. The highest BCUT2D eigenvalue weighted by Gasteiger charge is 2.05. The molecule has 3 N–H and O–H groups in total. The highest BCUT2D eigenvalue weighted by molar-refractivity contribution is 5.91. The van der Waals surface area contributed by atoms with Crippen LogP contribution in [0.3, 0.4) is 0 Å². The summed E-state index contributed by atoms with van der Waals surface area (Å²) in [7, 11) is 0. The van der Waals surface area contributed by atoms with Crippen molar-refractivity contribution in [3.63, 3.8) is 0 Å². The number of carbonyl (C=O) groups is 1. The van der Waals surface area contributed by atoms with E-state index in [2.05, 4.69) is 12.2 Å². The number of nitrogen functional groups attached to an aromatic ring is 1. The summed E-state index contributed by atoms with van der Waals surface area (Å²) in [5, 5.41) is 2.94. The third-order valence-corrected chi connectivity index (χ3v) is 4.23. The Kier molecular flexibility index (Phi) is 8.53. The number of benzene rings is 2. The van der Waals surface area contributed by atoms with Gasteiger partial charge in [0.2, 0.25) is 5.91 Å². The number of nitrogens with two attached hydrogens (primary N) is 1. The van der Waals surface area contributed by atoms with E-state index in [0.29, 0.717) is 12.8 Å². The standard InChI is InChI=1S/C22H30N2O2/c1-2-3-4-5-6-15-26-21-12-8-11-20(17-21)24-22(25)14-13-18-9-7-10-19(23)16-18/h7-12,16-17H,2-6,13-15,23H2,1H3,(H,24,25). The van der Waals surface area contributed by atoms with Crippen LogP contribution in [-0.4, -0.2) is 12.5 Å². The molecule has 2 aromatic carbocycles. The molecule has 26 heavy (non-hydrogen) atoms. The van der Waals surface area contributed by atoms with Gasteiger partial charge in [0.1, 0.15) is 5.75 Å². The third-order valence-electron chi connectivity index (χ3n) is 4.23. The number of carbonyl (C=O) groups excluding carboxylic acids is 1. The Morgan fingerprint density at radius 1 is 1.04 bits per heavy atom. The predicted octanol–water partition coefficient (Wildman–Crippen LogP) is 5.19. The number of unbranched alkanes of at least 4 members (excludes halogenated alkanes) is 4. The lowest BCUT2D eigenvalue weighted by molar-refractivity contribution is -0.116. The second-order valence-corrected chi connectivity index (χ2v) is 6.58. The van der Waals surface area contributed by atoms with Crippen LogP contribution in [-0.2, 0) is 11.2 Å². The van der Waals surface area contributed by atoms with Crippen molar-refractivity contribution in [1.82, 2.24) is 0 Å². The molecule has 0 saturated carbocycles. The van der Waals surface area contributed by atoms with E-state index in [9.17, 15) is 4.79 Å². The molecule has 0 aliphatic carbocycles. The summed E-state index contributed by atoms with van der Waals surface area (Å²) in [6.07, 6.45) is 7.17. The Balaban J connectivity index is 1.73. The quantitative estimate of drug-likeness (QED) is 0.431. The molecule has 0 fully saturated rings. The van der Waals surface area contributed by atoms with Crippen LogP contribution < -0.4 is 15.8 Å². The van der Waals surface area contributed by atoms with Crippen LogP contribution in [0.15, 0.2) is 48.5 Å². The van der Waals surface area contributed by atoms with E-state index in [0.717, 1.165) is 35.7 Å². The van der Waals surface area contributed by atoms with Crippen molar-refractivity contribution in [2.24, 2.45) is 0 Å². The summed E-state index contributed by atoms with van der Waals surface area (Å²) in [6.45, 7) is 2.93. The predicted molar refractivity (Wildman–Crippen MR) is 109 cm³/mol. The highest BCUT2D eigenvalue weighted by atomic mass is 16.5. The first kappa shape index (κ1) is 19.8. The van der Waals surface area contributed by atoms with Crippen molar-refractivity contribution in [2.45, 2.75) is 51.9 Å². The maximum absolute atomic E-state index is 12.2. The molecular formula is C22H30N2O2. The summed E-state index contributed by atoms with van der Waals surface area (Å²) in [6, 6.07) is 15.2. The minimum atomic E-state index is -0.0101. The van der Waals surface area contributed by atoms with Crippen LogP contribution in [0.2, 0.25) is 0 Å². The Morgan fingerprint density at radius 2 is 1.85 bits per heavy atom. The summed E-state index contributed by atoms with van der Waals surface area (Å²) < 4.78 is 5.79. The van der Waals surface area contributed by atoms with Gasteiger partial charge in [0, 0.05) is 23.9 Å². The second kappa shape index (κ2) is 11.2. The maximum Gasteiger partial charge on any atom is 0.224 e. The molecule has 2 rings (SSSR count). The van der Waals surface area contributed by atoms with E-state index in [1.807, 2.05) is 48.5 Å². The highest BCUT2D eigenvalue weighted by Crippen LogP contribution is 2.18. The average Bonchev–Trinajstić information content (AvgIpc) is 2.63. The fourth-order valence-corrected chi connectivity index (χ4v) is 2.79. The van der Waals surface area contributed by atoms with Gasteiger partial charge in [-0.15, -0.1) is 0 Å². The van der Waals surface area contributed by atoms with Crippen LogP contribution in [0.1, 0.15) is 51.0 Å². The van der Waals surface area contributed by atoms with Crippen molar-refractivity contribution in [3.8, 4) is 5.75 Å². The van der Waals surface area contributed by atoms with E-state index in [-0.39, 0.29) is 5.91 Å². The minimum Gasteiger partial charge on any atom is -0.494 e. The first-order valence-electron chi connectivity index (χ1n) is 9.54. The summed E-state index contributed by atoms with van der Waals surface area (Å²) in [5.41, 5.74) is 8.33. The van der Waals surface area contributed by atoms with Gasteiger partial charge in [-0.3, -0.25) is 4.79 Å². The van der Waals surface area contributed by atoms with E-state index >= 15 is 0 Å². The lowest BCUT2D eigenvalue weighted by Gasteiger charge is -2.09. The SMILES string of the molecule is CCCCCCCOc1cccc(NC(=O)CCc2cccc(N)c2)c1. The van der Waals surface area contributed by atoms with Crippen molar-refractivity contribution in [2.75, 3.05) is 17.7 Å². The normalized spacial score (nSPS) is 10.5. The first-order valence-corrected chi connectivity index (χ1v) is 9.54. The van der Waals surface area contributed by atoms with Gasteiger partial charge in [0.25, 0.3) is 0 Å². The fraction of sp³-hybridized carbons (Fsp3) is 0.409. The van der Waals surface area contributed by atoms with Gasteiger partial charge in [-0.05, 0) is 42.7 Å². The van der Waals surface area contributed by atoms with Crippen LogP contribution >= 0.6 is 0 Å². The average molecular weight is 354 g/mol. The van der Waals surface area contributed by atoms with Gasteiger partial charge in [-0.1, -0.05) is 50.8 Å². The summed E-state index contributed by atoms with van der Waals surface area (Å²) in [5.74, 6) is 0.790. The largest absolute Gasteiger partial charge is 0.494 e. The number of rotatable bonds is 11. The second-order valence-electron chi connectivity index (χ2n) is 6.58. The number of nitrogens with one attached hydrogen (secondary N) is 1. The molecule has 0 spiro atoms. The molecule has 0 aromatic heterocycles. The topological polar surface area (TPSA) is 64.3 Å². The monoisotopic (exact) mass is 354 g/mol. The van der Waals surface area contributed by atoms with Crippen LogP contribution in [0, 0.1) is 0 Å².